The maximum atomic E-state index is 13.2. The molecule has 33 heavy (non-hydrogen) atoms. The molecular weight excluding hydrogens is 440 g/mol. The molecule has 4 atom stereocenters. The van der Waals surface area contributed by atoms with Crippen molar-refractivity contribution in [1.29, 1.82) is 0 Å². The molecule has 0 bridgehead atoms. The van der Waals surface area contributed by atoms with Crippen LogP contribution in [0.25, 0.3) is 21.9 Å². The van der Waals surface area contributed by atoms with E-state index in [2.05, 4.69) is 20.4 Å². The number of carbonyl (C=O) groups excluding carboxylic acids is 2. The van der Waals surface area contributed by atoms with Crippen LogP contribution in [0.3, 0.4) is 0 Å². The van der Waals surface area contributed by atoms with E-state index in [1.807, 2.05) is 46.2 Å². The number of carbonyl (C=O) groups is 2. The molecule has 3 aliphatic rings. The van der Waals surface area contributed by atoms with Gasteiger partial charge in [-0.05, 0) is 66.1 Å². The minimum atomic E-state index is 0. The van der Waals surface area contributed by atoms with Crippen LogP contribution >= 0.6 is 11.6 Å². The van der Waals surface area contributed by atoms with Crippen LogP contribution in [0.1, 0.15) is 23.7 Å². The van der Waals surface area contributed by atoms with Gasteiger partial charge in [-0.2, -0.15) is 15.4 Å². The highest BCUT2D eigenvalue weighted by Gasteiger charge is 2.59. The van der Waals surface area contributed by atoms with Crippen LogP contribution in [0, 0.1) is 23.7 Å². The number of nitrogens with one attached hydrogen (secondary N) is 2. The number of fused-ring (bicyclic) bond motifs is 6. The minimum absolute atomic E-state index is 0. The van der Waals surface area contributed by atoms with Crippen molar-refractivity contribution in [3.8, 4) is 0 Å². The van der Waals surface area contributed by atoms with Crippen LogP contribution in [-0.4, -0.2) is 68.2 Å². The van der Waals surface area contributed by atoms with Gasteiger partial charge in [0.1, 0.15) is 16.7 Å². The second kappa shape index (κ2) is 6.81. The first-order chi connectivity index (χ1) is 16.0. The summed E-state index contributed by atoms with van der Waals surface area (Å²) in [4.78, 5) is 33.5. The Morgan fingerprint density at radius 1 is 0.848 bits per heavy atom. The molecule has 0 spiro atoms. The van der Waals surface area contributed by atoms with Gasteiger partial charge >= 0.3 is 0 Å². The van der Waals surface area contributed by atoms with Gasteiger partial charge in [0.25, 0.3) is 11.8 Å². The molecule has 4 heterocycles. The lowest BCUT2D eigenvalue weighted by atomic mass is 9.60. The number of benzene rings is 2. The lowest BCUT2D eigenvalue weighted by Gasteiger charge is -2.42. The number of likely N-dealkylation sites (tertiary alicyclic amines) is 2. The van der Waals surface area contributed by atoms with Crippen molar-refractivity contribution >= 4 is 45.4 Å². The first kappa shape index (κ1) is 19.1. The van der Waals surface area contributed by atoms with Gasteiger partial charge in [-0.3, -0.25) is 9.59 Å². The summed E-state index contributed by atoms with van der Waals surface area (Å²) in [7, 11) is 0. The van der Waals surface area contributed by atoms with Gasteiger partial charge in [0.15, 0.2) is 0 Å². The van der Waals surface area contributed by atoms with Gasteiger partial charge < -0.3 is 14.8 Å². The van der Waals surface area contributed by atoms with E-state index in [1.54, 1.807) is 6.07 Å². The van der Waals surface area contributed by atoms with E-state index in [-0.39, 0.29) is 14.7 Å². The third kappa shape index (κ3) is 2.83. The highest BCUT2D eigenvalue weighted by atomic mass is 35.5. The zero-order valence-corrected chi connectivity index (χ0v) is 18.4. The third-order valence-corrected chi connectivity index (χ3v) is 8.11. The molecule has 2 unspecified atom stereocenters. The van der Waals surface area contributed by atoms with E-state index < -0.39 is 0 Å². The van der Waals surface area contributed by atoms with E-state index in [0.29, 0.717) is 45.5 Å². The monoisotopic (exact) mass is 464 g/mol. The van der Waals surface area contributed by atoms with Crippen molar-refractivity contribution < 1.29 is 12.4 Å². The molecule has 1 saturated carbocycles. The summed E-state index contributed by atoms with van der Waals surface area (Å²) in [5, 5.41) is 12.3. The van der Waals surface area contributed by atoms with E-state index >= 15 is 0 Å². The van der Waals surface area contributed by atoms with Crippen molar-refractivity contribution in [2.24, 2.45) is 23.7 Å². The molecule has 2 aliphatic heterocycles. The number of H-pyrrole nitrogens is 2. The zero-order valence-electron chi connectivity index (χ0n) is 17.7. The van der Waals surface area contributed by atoms with E-state index in [4.69, 9.17) is 11.6 Å². The largest absolute Gasteiger partial charge is 0.351 e. The van der Waals surface area contributed by atoms with Gasteiger partial charge in [0.05, 0.1) is 0 Å². The highest BCUT2D eigenvalue weighted by Crippen LogP contribution is 2.54. The standard InChI is InChI=1S/C24H21ClN6O2.2H2/c25-14-2-4-19-13(5-14)7-22(26-19)24(33)31-10-17-15-8-30(9-16(15)18(17)11-31)23(32)12-1-3-20-21(6-12)28-29-27-20;;/h1-7,15-18,26H,8-11H2,(H,27,28,29);2*1H/t15-,16+,17?,18?;;. The predicted octanol–water partition coefficient (Wildman–Crippen LogP) is 3.67. The number of hydrogen-bond acceptors (Lipinski definition) is 4. The SMILES string of the molecule is O=C(c1ccc2n[nH]nc2c1)N1C[C@@H]2C3CN(C(=O)c4cc5cc(Cl)ccc5[nH]4)CC3[C@@H]2C1.[HH].[HH]. The summed E-state index contributed by atoms with van der Waals surface area (Å²) in [6, 6.07) is 12.9. The van der Waals surface area contributed by atoms with Gasteiger partial charge in [-0.25, -0.2) is 0 Å². The Labute approximate surface area is 196 Å². The smallest absolute Gasteiger partial charge is 0.270 e. The quantitative estimate of drug-likeness (QED) is 0.473. The molecular formula is C24H25ClN6O2. The van der Waals surface area contributed by atoms with Crippen LogP contribution in [0.5, 0.6) is 0 Å². The predicted molar refractivity (Wildman–Crippen MR) is 127 cm³/mol. The van der Waals surface area contributed by atoms with E-state index in [1.165, 1.54) is 0 Å². The molecule has 8 nitrogen and oxygen atoms in total. The topological polar surface area (TPSA) is 98.0 Å². The first-order valence-electron chi connectivity index (χ1n) is 11.2. The van der Waals surface area contributed by atoms with Gasteiger partial charge in [-0.1, -0.05) is 11.6 Å². The van der Waals surface area contributed by atoms with Crippen molar-refractivity contribution in [3.05, 3.63) is 58.7 Å². The van der Waals surface area contributed by atoms with Crippen LogP contribution < -0.4 is 0 Å². The number of rotatable bonds is 2. The summed E-state index contributed by atoms with van der Waals surface area (Å²) in [6.07, 6.45) is 0. The Kier molecular flexibility index (Phi) is 3.94. The molecule has 2 saturated heterocycles. The number of aromatic nitrogens is 4. The lowest BCUT2D eigenvalue weighted by Crippen LogP contribution is -2.44. The average molecular weight is 465 g/mol. The molecule has 2 amide bonds. The van der Waals surface area contributed by atoms with E-state index in [9.17, 15) is 9.59 Å². The second-order valence-corrected chi connectivity index (χ2v) is 9.95. The zero-order chi connectivity index (χ0) is 22.3. The fourth-order valence-electron chi connectivity index (χ4n) is 6.25. The first-order valence-corrected chi connectivity index (χ1v) is 11.6. The normalized spacial score (nSPS) is 26.0. The summed E-state index contributed by atoms with van der Waals surface area (Å²) in [5.41, 5.74) is 3.63. The number of nitrogens with zero attached hydrogens (tertiary/aromatic N) is 4. The van der Waals surface area contributed by atoms with Gasteiger partial charge in [-0.15, -0.1) is 0 Å². The lowest BCUT2D eigenvalue weighted by molar-refractivity contribution is 0.0629. The molecule has 170 valence electrons. The molecule has 2 aromatic heterocycles. The van der Waals surface area contributed by atoms with Gasteiger partial charge in [0.2, 0.25) is 0 Å². The summed E-state index contributed by atoms with van der Waals surface area (Å²) < 4.78 is 0. The number of amides is 2. The molecule has 9 heteroatoms. The van der Waals surface area contributed by atoms with Crippen LogP contribution in [-0.2, 0) is 0 Å². The summed E-state index contributed by atoms with van der Waals surface area (Å²) in [5.74, 6) is 1.96. The summed E-state index contributed by atoms with van der Waals surface area (Å²) in [6.45, 7) is 3.03. The number of hydrogen-bond donors (Lipinski definition) is 2. The van der Waals surface area contributed by atoms with Crippen molar-refractivity contribution in [2.75, 3.05) is 26.2 Å². The fourth-order valence-corrected chi connectivity index (χ4v) is 6.43. The van der Waals surface area contributed by atoms with Crippen molar-refractivity contribution in [3.63, 3.8) is 0 Å². The maximum absolute atomic E-state index is 13.2. The minimum Gasteiger partial charge on any atom is -0.351 e. The van der Waals surface area contributed by atoms with Crippen LogP contribution in [0.4, 0.5) is 0 Å². The van der Waals surface area contributed by atoms with E-state index in [0.717, 1.165) is 42.6 Å². The van der Waals surface area contributed by atoms with Crippen molar-refractivity contribution in [2.45, 2.75) is 0 Å². The summed E-state index contributed by atoms with van der Waals surface area (Å²) >= 11 is 6.08. The third-order valence-electron chi connectivity index (χ3n) is 7.88. The Bertz CT molecular complexity index is 1430. The Morgan fingerprint density at radius 2 is 1.52 bits per heavy atom. The molecule has 4 aromatic rings. The average Bonchev–Trinajstić information content (AvgIpc) is 3.59. The van der Waals surface area contributed by atoms with Crippen molar-refractivity contribution in [1.82, 2.24) is 30.2 Å². The molecule has 7 rings (SSSR count). The molecule has 2 aromatic carbocycles. The molecule has 0 radical (unpaired) electrons. The number of aromatic amines is 2. The Morgan fingerprint density at radius 3 is 2.24 bits per heavy atom. The molecule has 2 N–H and O–H groups in total. The Hall–Kier alpha value is -3.39. The second-order valence-electron chi connectivity index (χ2n) is 9.52. The van der Waals surface area contributed by atoms with Crippen LogP contribution in [0.2, 0.25) is 5.02 Å². The Balaban J connectivity index is 0.00000127. The molecule has 1 aliphatic carbocycles. The highest BCUT2D eigenvalue weighted by molar-refractivity contribution is 6.31. The number of halogens is 1. The van der Waals surface area contributed by atoms with Gasteiger partial charge in [0, 0.05) is 50.5 Å². The van der Waals surface area contributed by atoms with Crippen LogP contribution in [0.15, 0.2) is 42.5 Å². The molecule has 3 fully saturated rings. The maximum Gasteiger partial charge on any atom is 0.270 e. The fraction of sp³-hybridized carbons (Fsp3) is 0.333.